The number of aryl methyl sites for hydroxylation is 1. The molecule has 5 rings (SSSR count). The summed E-state index contributed by atoms with van der Waals surface area (Å²) >= 11 is 1.20. The standard InChI is InChI=1S/C25H29F3N8O3S/c1-15-30-20-22(38)36(14-25(26,27)28)18-13-29-24(32-21(18)33(2)23(20)40-15)31-17-5-4-16(12-19(17)39-3)35-8-6-34(7-9-35)10-11-37/h4-5,12-13,37H,6-11,14H2,1-3H3,(H,29,31,32). The number of carbonyl (C=O) groups excluding carboxylic acids is 1. The predicted octanol–water partition coefficient (Wildman–Crippen LogP) is 3.40. The number of aliphatic hydroxyl groups is 1. The molecule has 2 aliphatic heterocycles. The van der Waals surface area contributed by atoms with Crippen molar-refractivity contribution in [2.24, 2.45) is 0 Å². The first-order valence-electron chi connectivity index (χ1n) is 12.6. The summed E-state index contributed by atoms with van der Waals surface area (Å²) in [7, 11) is 3.18. The number of ether oxygens (including phenoxy) is 1. The van der Waals surface area contributed by atoms with Crippen molar-refractivity contribution >= 4 is 51.1 Å². The molecule has 0 atom stereocenters. The fourth-order valence-corrected chi connectivity index (χ4v) is 5.66. The number of fused-ring (bicyclic) bond motifs is 2. The molecule has 0 spiro atoms. The largest absolute Gasteiger partial charge is 0.494 e. The van der Waals surface area contributed by atoms with Gasteiger partial charge in [0.2, 0.25) is 5.95 Å². The van der Waals surface area contributed by atoms with Crippen LogP contribution in [-0.2, 0) is 0 Å². The maximum atomic E-state index is 13.5. The smallest absolute Gasteiger partial charge is 0.406 e. The molecule has 0 saturated carbocycles. The lowest BCUT2D eigenvalue weighted by Crippen LogP contribution is -2.47. The van der Waals surface area contributed by atoms with Gasteiger partial charge in [-0.1, -0.05) is 0 Å². The molecular weight excluding hydrogens is 549 g/mol. The van der Waals surface area contributed by atoms with E-state index in [0.717, 1.165) is 31.9 Å². The number of benzene rings is 1. The Kier molecular flexibility index (Phi) is 7.70. The molecule has 2 aliphatic rings. The van der Waals surface area contributed by atoms with Gasteiger partial charge in [0.15, 0.2) is 11.5 Å². The zero-order valence-electron chi connectivity index (χ0n) is 22.2. The minimum atomic E-state index is -4.64. The maximum Gasteiger partial charge on any atom is 0.406 e. The predicted molar refractivity (Wildman–Crippen MR) is 147 cm³/mol. The molecule has 0 aliphatic carbocycles. The molecule has 1 fully saturated rings. The Morgan fingerprint density at radius 1 is 1.18 bits per heavy atom. The van der Waals surface area contributed by atoms with Crippen LogP contribution in [0, 0.1) is 6.92 Å². The van der Waals surface area contributed by atoms with Gasteiger partial charge in [0.25, 0.3) is 5.91 Å². The first-order valence-corrected chi connectivity index (χ1v) is 13.4. The van der Waals surface area contributed by atoms with Crippen LogP contribution in [0.1, 0.15) is 15.5 Å². The molecule has 15 heteroatoms. The molecule has 0 bridgehead atoms. The van der Waals surface area contributed by atoms with Crippen LogP contribution < -0.4 is 24.8 Å². The van der Waals surface area contributed by atoms with Crippen molar-refractivity contribution in [2.75, 3.05) is 80.0 Å². The molecule has 1 saturated heterocycles. The van der Waals surface area contributed by atoms with Crippen molar-refractivity contribution in [1.82, 2.24) is 19.9 Å². The lowest BCUT2D eigenvalue weighted by atomic mass is 10.2. The van der Waals surface area contributed by atoms with Crippen molar-refractivity contribution in [2.45, 2.75) is 13.1 Å². The molecule has 214 valence electrons. The SMILES string of the molecule is COc1cc(N2CCN(CCO)CC2)ccc1Nc1ncc2c(n1)N(C)c1sc(C)nc1C(=O)N2CC(F)(F)F. The van der Waals surface area contributed by atoms with Gasteiger partial charge in [-0.05, 0) is 19.1 Å². The molecule has 2 aromatic heterocycles. The number of amides is 1. The molecule has 40 heavy (non-hydrogen) atoms. The minimum Gasteiger partial charge on any atom is -0.494 e. The number of nitrogens with zero attached hydrogens (tertiary/aromatic N) is 7. The number of halogens is 3. The van der Waals surface area contributed by atoms with Gasteiger partial charge in [-0.3, -0.25) is 14.6 Å². The second-order valence-corrected chi connectivity index (χ2v) is 10.6. The highest BCUT2D eigenvalue weighted by Crippen LogP contribution is 2.42. The van der Waals surface area contributed by atoms with Gasteiger partial charge in [0.05, 0.1) is 30.6 Å². The summed E-state index contributed by atoms with van der Waals surface area (Å²) in [5.74, 6) is -0.0651. The average molecular weight is 579 g/mol. The van der Waals surface area contributed by atoms with Crippen LogP contribution in [0.15, 0.2) is 24.4 Å². The third-order valence-electron chi connectivity index (χ3n) is 6.75. The van der Waals surface area contributed by atoms with Crippen molar-refractivity contribution in [1.29, 1.82) is 0 Å². The number of nitrogens with one attached hydrogen (secondary N) is 1. The number of rotatable bonds is 7. The molecule has 4 heterocycles. The fraction of sp³-hybridized carbons (Fsp3) is 0.440. The Balaban J connectivity index is 1.44. The van der Waals surface area contributed by atoms with E-state index >= 15 is 0 Å². The monoisotopic (exact) mass is 578 g/mol. The third kappa shape index (κ3) is 5.62. The van der Waals surface area contributed by atoms with Gasteiger partial charge in [0.1, 0.15) is 23.0 Å². The van der Waals surface area contributed by atoms with Crippen LogP contribution in [0.4, 0.5) is 47.0 Å². The molecule has 11 nitrogen and oxygen atoms in total. The number of thiazole rings is 1. The molecule has 2 N–H and O–H groups in total. The number of hydrogen-bond donors (Lipinski definition) is 2. The van der Waals surface area contributed by atoms with Crippen LogP contribution in [0.5, 0.6) is 5.75 Å². The number of anilines is 6. The molecular formula is C25H29F3N8O3S. The Labute approximate surface area is 232 Å². The van der Waals surface area contributed by atoms with E-state index < -0.39 is 18.6 Å². The van der Waals surface area contributed by atoms with E-state index in [4.69, 9.17) is 4.74 Å². The summed E-state index contributed by atoms with van der Waals surface area (Å²) in [5.41, 5.74) is 1.42. The van der Waals surface area contributed by atoms with Gasteiger partial charge < -0.3 is 25.0 Å². The molecule has 3 aromatic rings. The summed E-state index contributed by atoms with van der Waals surface area (Å²) in [5, 5.41) is 13.2. The third-order valence-corrected chi connectivity index (χ3v) is 7.80. The van der Waals surface area contributed by atoms with E-state index in [1.807, 2.05) is 18.2 Å². The first kappa shape index (κ1) is 27.9. The second kappa shape index (κ2) is 11.1. The highest BCUT2D eigenvalue weighted by molar-refractivity contribution is 7.16. The van der Waals surface area contributed by atoms with Crippen LogP contribution in [-0.4, -0.2) is 97.1 Å². The summed E-state index contributed by atoms with van der Waals surface area (Å²) < 4.78 is 46.1. The van der Waals surface area contributed by atoms with Gasteiger partial charge in [-0.2, -0.15) is 18.2 Å². The Hall–Kier alpha value is -3.69. The Morgan fingerprint density at radius 2 is 1.93 bits per heavy atom. The van der Waals surface area contributed by atoms with Crippen LogP contribution in [0.25, 0.3) is 0 Å². The lowest BCUT2D eigenvalue weighted by molar-refractivity contribution is -0.118. The highest BCUT2D eigenvalue weighted by atomic mass is 32.1. The normalized spacial score (nSPS) is 16.1. The van der Waals surface area contributed by atoms with Gasteiger partial charge >= 0.3 is 6.18 Å². The number of piperazine rings is 1. The van der Waals surface area contributed by atoms with Crippen LogP contribution in [0.3, 0.4) is 0 Å². The number of hydrogen-bond acceptors (Lipinski definition) is 11. The number of carbonyl (C=O) groups is 1. The second-order valence-electron chi connectivity index (χ2n) is 9.42. The van der Waals surface area contributed by atoms with E-state index in [-0.39, 0.29) is 29.8 Å². The summed E-state index contributed by atoms with van der Waals surface area (Å²) in [4.78, 5) is 32.7. The minimum absolute atomic E-state index is 0.0591. The highest BCUT2D eigenvalue weighted by Gasteiger charge is 2.40. The number of alkyl halides is 3. The first-order chi connectivity index (χ1) is 19.1. The van der Waals surface area contributed by atoms with Crippen LogP contribution in [0.2, 0.25) is 0 Å². The van der Waals surface area contributed by atoms with Crippen molar-refractivity contribution in [3.63, 3.8) is 0 Å². The molecule has 1 aromatic carbocycles. The average Bonchev–Trinajstić information content (AvgIpc) is 3.30. The van der Waals surface area contributed by atoms with E-state index in [1.165, 1.54) is 17.5 Å². The van der Waals surface area contributed by atoms with E-state index in [2.05, 4.69) is 30.1 Å². The van der Waals surface area contributed by atoms with Gasteiger partial charge in [0, 0.05) is 51.5 Å². The zero-order valence-corrected chi connectivity index (χ0v) is 23.0. The zero-order chi connectivity index (χ0) is 28.6. The maximum absolute atomic E-state index is 13.5. The fourth-order valence-electron chi connectivity index (χ4n) is 4.79. The van der Waals surface area contributed by atoms with Crippen molar-refractivity contribution < 1.29 is 27.8 Å². The Bertz CT molecular complexity index is 1390. The van der Waals surface area contributed by atoms with E-state index in [0.29, 0.717) is 32.9 Å². The van der Waals surface area contributed by atoms with E-state index in [1.54, 1.807) is 26.0 Å². The number of aromatic nitrogens is 3. The molecule has 1 amide bonds. The summed E-state index contributed by atoms with van der Waals surface area (Å²) in [6.07, 6.45) is -3.43. The Morgan fingerprint density at radius 3 is 2.60 bits per heavy atom. The number of aliphatic hydroxyl groups excluding tert-OH is 1. The summed E-state index contributed by atoms with van der Waals surface area (Å²) in [6, 6.07) is 5.67. The van der Waals surface area contributed by atoms with Gasteiger partial charge in [-0.25, -0.2) is 9.97 Å². The number of methoxy groups -OCH3 is 1. The topological polar surface area (TPSA) is 110 Å². The summed E-state index contributed by atoms with van der Waals surface area (Å²) in [6.45, 7) is 4.28. The lowest BCUT2D eigenvalue weighted by Gasteiger charge is -2.36. The van der Waals surface area contributed by atoms with Crippen LogP contribution >= 0.6 is 11.3 Å². The molecule has 0 unspecified atom stereocenters. The van der Waals surface area contributed by atoms with Crippen molar-refractivity contribution in [3.8, 4) is 5.75 Å². The quantitative estimate of drug-likeness (QED) is 0.433. The van der Waals surface area contributed by atoms with Gasteiger partial charge in [-0.15, -0.1) is 11.3 Å². The molecule has 0 radical (unpaired) electrons. The van der Waals surface area contributed by atoms with E-state index in [9.17, 15) is 23.1 Å². The van der Waals surface area contributed by atoms with Crippen molar-refractivity contribution in [3.05, 3.63) is 35.1 Å². The number of β-amino-alcohol motifs (C(OH)–C–C–N with tert-alkyl or cyclic N) is 1.